The third kappa shape index (κ3) is 6.87. The minimum absolute atomic E-state index is 0.125. The molecule has 0 aliphatic heterocycles. The number of hydrogen-bond acceptors (Lipinski definition) is 5. The first-order chi connectivity index (χ1) is 12.2. The van der Waals surface area contributed by atoms with Crippen LogP contribution in [-0.2, 0) is 20.9 Å². The van der Waals surface area contributed by atoms with Crippen LogP contribution in [0.3, 0.4) is 0 Å². The smallest absolute Gasteiger partial charge is 0.344 e. The molecule has 1 heterocycles. The Bertz CT molecular complexity index is 712. The molecule has 0 fully saturated rings. The molecule has 6 nitrogen and oxygen atoms in total. The Balaban J connectivity index is 1.78. The molecular formula is C19H20N2O4. The second-order valence-corrected chi connectivity index (χ2v) is 5.08. The Labute approximate surface area is 146 Å². The van der Waals surface area contributed by atoms with Gasteiger partial charge in [-0.3, -0.25) is 9.78 Å². The van der Waals surface area contributed by atoms with E-state index in [1.165, 1.54) is 6.08 Å². The number of benzene rings is 1. The predicted molar refractivity (Wildman–Crippen MR) is 93.7 cm³/mol. The normalized spacial score (nSPS) is 10.4. The highest BCUT2D eigenvalue weighted by Gasteiger charge is 2.02. The number of amides is 1. The quantitative estimate of drug-likeness (QED) is 0.589. The molecule has 0 atom stereocenters. The average molecular weight is 340 g/mol. The van der Waals surface area contributed by atoms with E-state index in [2.05, 4.69) is 10.3 Å². The van der Waals surface area contributed by atoms with Gasteiger partial charge in [0, 0.05) is 25.0 Å². The van der Waals surface area contributed by atoms with Gasteiger partial charge in [-0.25, -0.2) is 4.79 Å². The van der Waals surface area contributed by atoms with Crippen LogP contribution >= 0.6 is 0 Å². The van der Waals surface area contributed by atoms with Gasteiger partial charge in [0.25, 0.3) is 0 Å². The first kappa shape index (κ1) is 18.2. The number of esters is 1. The number of aromatic nitrogens is 1. The summed E-state index contributed by atoms with van der Waals surface area (Å²) in [5, 5.41) is 2.78. The molecule has 25 heavy (non-hydrogen) atoms. The topological polar surface area (TPSA) is 77.5 Å². The van der Waals surface area contributed by atoms with Crippen molar-refractivity contribution in [3.05, 3.63) is 66.0 Å². The van der Waals surface area contributed by atoms with Gasteiger partial charge in [-0.2, -0.15) is 0 Å². The van der Waals surface area contributed by atoms with Gasteiger partial charge in [-0.15, -0.1) is 0 Å². The number of pyridine rings is 1. The minimum Gasteiger partial charge on any atom is -0.482 e. The Hall–Kier alpha value is -3.15. The molecule has 2 aromatic rings. The summed E-state index contributed by atoms with van der Waals surface area (Å²) in [5.74, 6) is -0.0329. The van der Waals surface area contributed by atoms with Gasteiger partial charge >= 0.3 is 5.97 Å². The van der Waals surface area contributed by atoms with E-state index in [9.17, 15) is 9.59 Å². The summed E-state index contributed by atoms with van der Waals surface area (Å²) in [5.41, 5.74) is 1.78. The van der Waals surface area contributed by atoms with Crippen molar-refractivity contribution < 1.29 is 19.1 Å². The maximum Gasteiger partial charge on any atom is 0.344 e. The molecule has 0 aliphatic rings. The molecule has 0 unspecified atom stereocenters. The van der Waals surface area contributed by atoms with Crippen LogP contribution in [0.15, 0.2) is 54.9 Å². The molecule has 1 N–H and O–H groups in total. The van der Waals surface area contributed by atoms with Crippen LogP contribution in [0.1, 0.15) is 18.1 Å². The lowest BCUT2D eigenvalue weighted by Crippen LogP contribution is -2.20. The van der Waals surface area contributed by atoms with E-state index < -0.39 is 5.97 Å². The highest BCUT2D eigenvalue weighted by Crippen LogP contribution is 2.13. The highest BCUT2D eigenvalue weighted by atomic mass is 16.6. The third-order valence-electron chi connectivity index (χ3n) is 3.16. The van der Waals surface area contributed by atoms with Crippen LogP contribution in [-0.4, -0.2) is 30.1 Å². The largest absolute Gasteiger partial charge is 0.482 e. The fourth-order valence-electron chi connectivity index (χ4n) is 1.94. The zero-order valence-corrected chi connectivity index (χ0v) is 14.0. The van der Waals surface area contributed by atoms with Crippen molar-refractivity contribution in [2.24, 2.45) is 0 Å². The molecule has 2 rings (SSSR count). The van der Waals surface area contributed by atoms with Gasteiger partial charge in [0.1, 0.15) is 5.75 Å². The second kappa shape index (κ2) is 9.87. The third-order valence-corrected chi connectivity index (χ3v) is 3.16. The lowest BCUT2D eigenvalue weighted by Gasteiger charge is -2.05. The monoisotopic (exact) mass is 340 g/mol. The van der Waals surface area contributed by atoms with Crippen LogP contribution in [0.2, 0.25) is 0 Å². The molecule has 130 valence electrons. The number of carbonyl (C=O) groups is 2. The van der Waals surface area contributed by atoms with Crippen molar-refractivity contribution in [2.45, 2.75) is 13.5 Å². The molecule has 1 aromatic carbocycles. The zero-order chi connectivity index (χ0) is 17.9. The van der Waals surface area contributed by atoms with E-state index in [0.29, 0.717) is 18.9 Å². The summed E-state index contributed by atoms with van der Waals surface area (Å²) < 4.78 is 10.1. The lowest BCUT2D eigenvalue weighted by molar-refractivity contribution is -0.145. The molecule has 0 bridgehead atoms. The summed E-state index contributed by atoms with van der Waals surface area (Å²) in [4.78, 5) is 27.0. The number of nitrogens with zero attached hydrogens (tertiary/aromatic N) is 1. The Morgan fingerprint density at radius 3 is 2.68 bits per heavy atom. The van der Waals surface area contributed by atoms with Crippen molar-refractivity contribution in [2.75, 3.05) is 13.2 Å². The van der Waals surface area contributed by atoms with Gasteiger partial charge in [0.05, 0.1) is 6.61 Å². The van der Waals surface area contributed by atoms with Crippen molar-refractivity contribution >= 4 is 18.0 Å². The van der Waals surface area contributed by atoms with Crippen LogP contribution in [0.5, 0.6) is 5.75 Å². The van der Waals surface area contributed by atoms with E-state index in [1.54, 1.807) is 49.7 Å². The van der Waals surface area contributed by atoms with Gasteiger partial charge in [0.15, 0.2) is 6.61 Å². The molecule has 0 radical (unpaired) electrons. The van der Waals surface area contributed by atoms with Gasteiger partial charge in [-0.1, -0.05) is 18.2 Å². The molecule has 0 saturated carbocycles. The van der Waals surface area contributed by atoms with Crippen molar-refractivity contribution in [1.29, 1.82) is 0 Å². The molecule has 0 aliphatic carbocycles. The molecule has 6 heteroatoms. The van der Waals surface area contributed by atoms with Crippen molar-refractivity contribution in [1.82, 2.24) is 10.3 Å². The SMILES string of the molecule is CCOC(=O)COc1ccc(C=CC(=O)NCc2cccnc2)cc1. The average Bonchev–Trinajstić information content (AvgIpc) is 2.65. The van der Waals surface area contributed by atoms with E-state index in [1.807, 2.05) is 12.1 Å². The van der Waals surface area contributed by atoms with Gasteiger partial charge in [-0.05, 0) is 42.3 Å². The van der Waals surface area contributed by atoms with E-state index in [-0.39, 0.29) is 12.5 Å². The van der Waals surface area contributed by atoms with Gasteiger partial charge < -0.3 is 14.8 Å². The fourth-order valence-corrected chi connectivity index (χ4v) is 1.94. The number of rotatable bonds is 8. The van der Waals surface area contributed by atoms with E-state index in [0.717, 1.165) is 11.1 Å². The van der Waals surface area contributed by atoms with Crippen LogP contribution in [0.4, 0.5) is 0 Å². The first-order valence-corrected chi connectivity index (χ1v) is 7.90. The van der Waals surface area contributed by atoms with E-state index >= 15 is 0 Å². The summed E-state index contributed by atoms with van der Waals surface area (Å²) in [7, 11) is 0. The number of carbonyl (C=O) groups excluding carboxylic acids is 2. The Morgan fingerprint density at radius 1 is 1.20 bits per heavy atom. The van der Waals surface area contributed by atoms with E-state index in [4.69, 9.17) is 9.47 Å². The lowest BCUT2D eigenvalue weighted by atomic mass is 10.2. The zero-order valence-electron chi connectivity index (χ0n) is 14.0. The molecule has 0 spiro atoms. The summed E-state index contributed by atoms with van der Waals surface area (Å²) >= 11 is 0. The number of hydrogen-bond donors (Lipinski definition) is 1. The van der Waals surface area contributed by atoms with Crippen LogP contribution < -0.4 is 10.1 Å². The van der Waals surface area contributed by atoms with Crippen LogP contribution in [0, 0.1) is 0 Å². The Kier molecular flexibility index (Phi) is 7.18. The summed E-state index contributed by atoms with van der Waals surface area (Å²) in [6, 6.07) is 10.8. The molecule has 1 aromatic heterocycles. The molecule has 0 saturated heterocycles. The number of ether oxygens (including phenoxy) is 2. The number of nitrogens with one attached hydrogen (secondary N) is 1. The maximum atomic E-state index is 11.8. The predicted octanol–water partition coefficient (Wildman–Crippen LogP) is 2.35. The summed E-state index contributed by atoms with van der Waals surface area (Å²) in [6.07, 6.45) is 6.56. The fraction of sp³-hybridized carbons (Fsp3) is 0.211. The molecular weight excluding hydrogens is 320 g/mol. The minimum atomic E-state index is -0.406. The second-order valence-electron chi connectivity index (χ2n) is 5.08. The highest BCUT2D eigenvalue weighted by molar-refractivity contribution is 5.91. The standard InChI is InChI=1S/C19H20N2O4/c1-2-24-19(23)14-25-17-8-5-15(6-9-17)7-10-18(22)21-13-16-4-3-11-20-12-16/h3-12H,2,13-14H2,1H3,(H,21,22). The first-order valence-electron chi connectivity index (χ1n) is 7.90. The van der Waals surface area contributed by atoms with Crippen molar-refractivity contribution in [3.8, 4) is 5.75 Å². The molecule has 1 amide bonds. The summed E-state index contributed by atoms with van der Waals surface area (Å²) in [6.45, 7) is 2.37. The van der Waals surface area contributed by atoms with Crippen LogP contribution in [0.25, 0.3) is 6.08 Å². The Morgan fingerprint density at radius 2 is 2.00 bits per heavy atom. The van der Waals surface area contributed by atoms with Crippen molar-refractivity contribution in [3.63, 3.8) is 0 Å². The van der Waals surface area contributed by atoms with Gasteiger partial charge in [0.2, 0.25) is 5.91 Å². The maximum absolute atomic E-state index is 11.8.